The van der Waals surface area contributed by atoms with Gasteiger partial charge in [-0.15, -0.1) is 0 Å². The van der Waals surface area contributed by atoms with Crippen LogP contribution in [0.25, 0.3) is 11.8 Å². The maximum atomic E-state index is 13.7. The van der Waals surface area contributed by atoms with Crippen LogP contribution < -0.4 is 10.1 Å². The molecule has 31 heavy (non-hydrogen) atoms. The van der Waals surface area contributed by atoms with Gasteiger partial charge in [-0.1, -0.05) is 6.07 Å². The SMILES string of the molecule is CCOc1ccc(N=C2NC(=O)/C(=C\c3cc(C)n(-c4cccc(F)c4)c3C)S2)cc1. The fourth-order valence-corrected chi connectivity index (χ4v) is 4.30. The second-order valence-electron chi connectivity index (χ2n) is 7.05. The van der Waals surface area contributed by atoms with Crippen LogP contribution in [0.1, 0.15) is 23.9 Å². The van der Waals surface area contributed by atoms with Crippen LogP contribution in [0.2, 0.25) is 0 Å². The van der Waals surface area contributed by atoms with Crippen molar-refractivity contribution >= 4 is 34.6 Å². The molecule has 1 amide bonds. The largest absolute Gasteiger partial charge is 0.494 e. The van der Waals surface area contributed by atoms with Gasteiger partial charge in [0.15, 0.2) is 5.17 Å². The standard InChI is InChI=1S/C24H22FN3O2S/c1-4-30-21-10-8-19(9-11-21)26-24-27-23(29)22(31-24)13-17-12-15(2)28(16(17)3)20-7-5-6-18(25)14-20/h5-14H,4H2,1-3H3,(H,26,27,29)/b22-13+. The van der Waals surface area contributed by atoms with Crippen LogP contribution in [0.4, 0.5) is 10.1 Å². The molecule has 3 aromatic rings. The van der Waals surface area contributed by atoms with Gasteiger partial charge in [0.25, 0.3) is 5.91 Å². The van der Waals surface area contributed by atoms with Crippen molar-refractivity contribution in [3.63, 3.8) is 0 Å². The van der Waals surface area contributed by atoms with Gasteiger partial charge in [-0.2, -0.15) is 0 Å². The van der Waals surface area contributed by atoms with Gasteiger partial charge in [-0.25, -0.2) is 9.38 Å². The maximum absolute atomic E-state index is 13.7. The van der Waals surface area contributed by atoms with E-state index in [9.17, 15) is 9.18 Å². The Morgan fingerprint density at radius 3 is 2.65 bits per heavy atom. The number of aryl methyl sites for hydroxylation is 1. The Kier molecular flexibility index (Phi) is 5.95. The minimum atomic E-state index is -0.286. The quantitative estimate of drug-likeness (QED) is 0.537. The van der Waals surface area contributed by atoms with E-state index in [1.807, 2.05) is 67.8 Å². The first-order valence-electron chi connectivity index (χ1n) is 9.92. The minimum absolute atomic E-state index is 0.190. The van der Waals surface area contributed by atoms with Crippen LogP contribution in [0.3, 0.4) is 0 Å². The van der Waals surface area contributed by atoms with Gasteiger partial charge >= 0.3 is 0 Å². The Bertz CT molecular complexity index is 1200. The highest BCUT2D eigenvalue weighted by atomic mass is 32.2. The lowest BCUT2D eigenvalue weighted by Gasteiger charge is -2.09. The predicted molar refractivity (Wildman–Crippen MR) is 124 cm³/mol. The molecule has 2 heterocycles. The highest BCUT2D eigenvalue weighted by Gasteiger charge is 2.24. The number of aromatic nitrogens is 1. The van der Waals surface area contributed by atoms with Crippen molar-refractivity contribution in [1.29, 1.82) is 0 Å². The van der Waals surface area contributed by atoms with E-state index in [1.54, 1.807) is 6.07 Å². The molecule has 7 heteroatoms. The van der Waals surface area contributed by atoms with E-state index in [0.717, 1.165) is 34.1 Å². The molecule has 0 bridgehead atoms. The van der Waals surface area contributed by atoms with Crippen LogP contribution >= 0.6 is 11.8 Å². The lowest BCUT2D eigenvalue weighted by molar-refractivity contribution is -0.115. The van der Waals surface area contributed by atoms with Crippen LogP contribution in [0.5, 0.6) is 5.75 Å². The highest BCUT2D eigenvalue weighted by Crippen LogP contribution is 2.31. The lowest BCUT2D eigenvalue weighted by Crippen LogP contribution is -2.19. The van der Waals surface area contributed by atoms with Crippen LogP contribution in [0, 0.1) is 19.7 Å². The fourth-order valence-electron chi connectivity index (χ4n) is 3.47. The van der Waals surface area contributed by atoms with Gasteiger partial charge in [0, 0.05) is 17.1 Å². The summed E-state index contributed by atoms with van der Waals surface area (Å²) in [7, 11) is 0. The van der Waals surface area contributed by atoms with Crippen LogP contribution in [-0.4, -0.2) is 22.2 Å². The van der Waals surface area contributed by atoms with Crippen molar-refractivity contribution in [1.82, 2.24) is 9.88 Å². The van der Waals surface area contributed by atoms with Gasteiger partial charge in [0.1, 0.15) is 11.6 Å². The Morgan fingerprint density at radius 2 is 1.94 bits per heavy atom. The summed E-state index contributed by atoms with van der Waals surface area (Å²) in [5.41, 5.74) is 4.28. The number of carbonyl (C=O) groups is 1. The van der Waals surface area contributed by atoms with E-state index < -0.39 is 0 Å². The summed E-state index contributed by atoms with van der Waals surface area (Å²) in [6.45, 7) is 6.45. The first-order chi connectivity index (χ1) is 14.9. The molecule has 0 aliphatic carbocycles. The molecule has 158 valence electrons. The first-order valence-corrected chi connectivity index (χ1v) is 10.7. The summed E-state index contributed by atoms with van der Waals surface area (Å²) >= 11 is 1.29. The fraction of sp³-hybridized carbons (Fsp3) is 0.167. The predicted octanol–water partition coefficient (Wildman–Crippen LogP) is 5.52. The molecule has 4 rings (SSSR count). The van der Waals surface area contributed by atoms with Gasteiger partial charge in [0.2, 0.25) is 0 Å². The topological polar surface area (TPSA) is 55.6 Å². The summed E-state index contributed by atoms with van der Waals surface area (Å²) in [4.78, 5) is 17.5. The van der Waals surface area contributed by atoms with E-state index in [1.165, 1.54) is 23.9 Å². The molecule has 1 saturated heterocycles. The summed E-state index contributed by atoms with van der Waals surface area (Å²) in [5.74, 6) is 0.305. The first kappa shape index (κ1) is 20.9. The number of thioether (sulfide) groups is 1. The third-order valence-electron chi connectivity index (χ3n) is 4.85. The molecule has 5 nitrogen and oxygen atoms in total. The van der Waals surface area contributed by atoms with Crippen molar-refractivity contribution in [3.8, 4) is 11.4 Å². The Hall–Kier alpha value is -3.32. The number of halogens is 1. The highest BCUT2D eigenvalue weighted by molar-refractivity contribution is 8.18. The Balaban J connectivity index is 1.58. The van der Waals surface area contributed by atoms with E-state index in [-0.39, 0.29) is 11.7 Å². The second-order valence-corrected chi connectivity index (χ2v) is 8.08. The molecule has 0 saturated carbocycles. The Morgan fingerprint density at radius 1 is 1.16 bits per heavy atom. The van der Waals surface area contributed by atoms with Crippen LogP contribution in [-0.2, 0) is 4.79 Å². The Labute approximate surface area is 184 Å². The third kappa shape index (κ3) is 4.56. The zero-order chi connectivity index (χ0) is 22.0. The van der Waals surface area contributed by atoms with E-state index >= 15 is 0 Å². The summed E-state index contributed by atoms with van der Waals surface area (Å²) < 4.78 is 21.1. The number of hydrogen-bond donors (Lipinski definition) is 1. The average Bonchev–Trinajstić information content (AvgIpc) is 3.22. The minimum Gasteiger partial charge on any atom is -0.494 e. The number of amides is 1. The molecule has 0 atom stereocenters. The number of carbonyl (C=O) groups excluding carboxylic acids is 1. The molecule has 2 aromatic carbocycles. The molecule has 0 spiro atoms. The molecular weight excluding hydrogens is 413 g/mol. The average molecular weight is 436 g/mol. The zero-order valence-corrected chi connectivity index (χ0v) is 18.3. The molecule has 1 aliphatic rings. The number of nitrogens with zero attached hydrogens (tertiary/aromatic N) is 2. The summed E-state index contributed by atoms with van der Waals surface area (Å²) in [5, 5.41) is 3.34. The van der Waals surface area contributed by atoms with Crippen molar-refractivity contribution in [2.45, 2.75) is 20.8 Å². The molecule has 1 aliphatic heterocycles. The number of amidine groups is 1. The number of benzene rings is 2. The van der Waals surface area contributed by atoms with Crippen LogP contribution in [0.15, 0.2) is 64.5 Å². The number of aliphatic imine (C=N–C) groups is 1. The summed E-state index contributed by atoms with van der Waals surface area (Å²) in [6.07, 6.45) is 1.85. The summed E-state index contributed by atoms with van der Waals surface area (Å²) in [6, 6.07) is 15.8. The van der Waals surface area contributed by atoms with E-state index in [2.05, 4.69) is 10.3 Å². The molecule has 1 N–H and O–H groups in total. The number of rotatable bonds is 5. The number of ether oxygens (including phenoxy) is 1. The zero-order valence-electron chi connectivity index (χ0n) is 17.5. The monoisotopic (exact) mass is 435 g/mol. The molecule has 1 aromatic heterocycles. The molecule has 0 radical (unpaired) electrons. The van der Waals surface area contributed by atoms with E-state index in [0.29, 0.717) is 16.7 Å². The number of nitrogens with one attached hydrogen (secondary N) is 1. The smallest absolute Gasteiger partial charge is 0.264 e. The maximum Gasteiger partial charge on any atom is 0.264 e. The second kappa shape index (κ2) is 8.81. The lowest BCUT2D eigenvalue weighted by atomic mass is 10.2. The molecule has 1 fully saturated rings. The van der Waals surface area contributed by atoms with Gasteiger partial charge in [-0.3, -0.25) is 4.79 Å². The molecular formula is C24H22FN3O2S. The van der Waals surface area contributed by atoms with Crippen molar-refractivity contribution < 1.29 is 13.9 Å². The number of hydrogen-bond acceptors (Lipinski definition) is 4. The third-order valence-corrected chi connectivity index (χ3v) is 5.76. The van der Waals surface area contributed by atoms with Gasteiger partial charge < -0.3 is 14.6 Å². The van der Waals surface area contributed by atoms with E-state index in [4.69, 9.17) is 4.74 Å². The van der Waals surface area contributed by atoms with Gasteiger partial charge in [0.05, 0.1) is 17.2 Å². The van der Waals surface area contributed by atoms with Crippen molar-refractivity contribution in [3.05, 3.63) is 82.3 Å². The molecule has 0 unspecified atom stereocenters. The normalized spacial score (nSPS) is 16.2. The van der Waals surface area contributed by atoms with Crippen molar-refractivity contribution in [2.75, 3.05) is 6.61 Å². The van der Waals surface area contributed by atoms with Crippen molar-refractivity contribution in [2.24, 2.45) is 4.99 Å². The van der Waals surface area contributed by atoms with Gasteiger partial charge in [-0.05, 0) is 92.7 Å².